The highest BCUT2D eigenvalue weighted by molar-refractivity contribution is 9.10. The molecule has 3 heteroatoms. The molecule has 1 aromatic rings. The molecule has 0 bridgehead atoms. The summed E-state index contributed by atoms with van der Waals surface area (Å²) in [6.07, 6.45) is 0. The van der Waals surface area contributed by atoms with E-state index in [2.05, 4.69) is 15.9 Å². The molecular formula is C8H9BrO2. The van der Waals surface area contributed by atoms with Crippen LogP contribution in [0.5, 0.6) is 11.5 Å². The molecule has 0 saturated carbocycles. The summed E-state index contributed by atoms with van der Waals surface area (Å²) in [4.78, 5) is 0. The first-order valence-corrected chi connectivity index (χ1v) is 3.98. The Kier molecular flexibility index (Phi) is 2.39. The highest BCUT2D eigenvalue weighted by atomic mass is 79.9. The predicted molar refractivity (Wildman–Crippen MR) is 47.1 cm³/mol. The van der Waals surface area contributed by atoms with E-state index < -0.39 is 0 Å². The minimum Gasteiger partial charge on any atom is -0.504 e. The van der Waals surface area contributed by atoms with Crippen LogP contribution in [0.4, 0.5) is 0 Å². The lowest BCUT2D eigenvalue weighted by molar-refractivity contribution is 0.371. The van der Waals surface area contributed by atoms with Crippen molar-refractivity contribution in [3.63, 3.8) is 0 Å². The van der Waals surface area contributed by atoms with Crippen molar-refractivity contribution in [1.82, 2.24) is 0 Å². The first kappa shape index (κ1) is 8.40. The van der Waals surface area contributed by atoms with Crippen LogP contribution < -0.4 is 4.74 Å². The Morgan fingerprint density at radius 3 is 2.55 bits per heavy atom. The summed E-state index contributed by atoms with van der Waals surface area (Å²) in [5.74, 6) is 0.648. The Labute approximate surface area is 73.9 Å². The van der Waals surface area contributed by atoms with Crippen LogP contribution in [0.3, 0.4) is 0 Å². The van der Waals surface area contributed by atoms with Crippen LogP contribution in [0, 0.1) is 6.92 Å². The molecule has 0 saturated heterocycles. The summed E-state index contributed by atoms with van der Waals surface area (Å²) in [5.41, 5.74) is 1.04. The van der Waals surface area contributed by atoms with Gasteiger partial charge >= 0.3 is 0 Å². The summed E-state index contributed by atoms with van der Waals surface area (Å²) >= 11 is 3.31. The lowest BCUT2D eigenvalue weighted by Crippen LogP contribution is -1.86. The maximum atomic E-state index is 9.26. The van der Waals surface area contributed by atoms with Crippen molar-refractivity contribution in [2.75, 3.05) is 7.11 Å². The van der Waals surface area contributed by atoms with Gasteiger partial charge in [-0.15, -0.1) is 0 Å². The Morgan fingerprint density at radius 2 is 2.09 bits per heavy atom. The quantitative estimate of drug-likeness (QED) is 0.782. The third-order valence-corrected chi connectivity index (χ3v) is 2.46. The van der Waals surface area contributed by atoms with Crippen LogP contribution in [-0.2, 0) is 0 Å². The number of ether oxygens (including phenoxy) is 1. The maximum absolute atomic E-state index is 9.26. The molecule has 0 spiro atoms. The molecule has 0 aliphatic heterocycles. The Hall–Kier alpha value is -0.700. The molecule has 0 heterocycles. The van der Waals surface area contributed by atoms with Gasteiger partial charge in [0.2, 0.25) is 0 Å². The smallest absolute Gasteiger partial charge is 0.174 e. The Morgan fingerprint density at radius 1 is 1.45 bits per heavy atom. The van der Waals surface area contributed by atoms with Gasteiger partial charge in [0.25, 0.3) is 0 Å². The van der Waals surface area contributed by atoms with Gasteiger partial charge in [-0.3, -0.25) is 0 Å². The number of benzene rings is 1. The van der Waals surface area contributed by atoms with Crippen molar-refractivity contribution in [3.05, 3.63) is 22.2 Å². The minimum atomic E-state index is 0.157. The third kappa shape index (κ3) is 1.48. The number of halogens is 1. The van der Waals surface area contributed by atoms with Gasteiger partial charge in [-0.1, -0.05) is 6.07 Å². The molecule has 1 rings (SSSR count). The van der Waals surface area contributed by atoms with Crippen molar-refractivity contribution < 1.29 is 9.84 Å². The summed E-state index contributed by atoms with van der Waals surface area (Å²) < 4.78 is 5.77. The fourth-order valence-corrected chi connectivity index (χ4v) is 1.34. The molecule has 2 nitrogen and oxygen atoms in total. The predicted octanol–water partition coefficient (Wildman–Crippen LogP) is 2.47. The highest BCUT2D eigenvalue weighted by Crippen LogP contribution is 2.36. The molecule has 0 aliphatic carbocycles. The van der Waals surface area contributed by atoms with Gasteiger partial charge in [0.1, 0.15) is 0 Å². The minimum absolute atomic E-state index is 0.157. The van der Waals surface area contributed by atoms with E-state index in [1.807, 2.05) is 13.0 Å². The van der Waals surface area contributed by atoms with Crippen molar-refractivity contribution in [3.8, 4) is 11.5 Å². The Balaban J connectivity index is 3.29. The van der Waals surface area contributed by atoms with Gasteiger partial charge in [0.15, 0.2) is 11.5 Å². The van der Waals surface area contributed by atoms with Crippen molar-refractivity contribution in [2.45, 2.75) is 6.92 Å². The van der Waals surface area contributed by atoms with E-state index in [1.165, 1.54) is 7.11 Å². The summed E-state index contributed by atoms with van der Waals surface area (Å²) in [6, 6.07) is 3.43. The average Bonchev–Trinajstić information content (AvgIpc) is 1.99. The van der Waals surface area contributed by atoms with E-state index in [9.17, 15) is 5.11 Å². The fourth-order valence-electron chi connectivity index (χ4n) is 0.838. The van der Waals surface area contributed by atoms with Crippen molar-refractivity contribution >= 4 is 15.9 Å². The zero-order valence-electron chi connectivity index (χ0n) is 6.39. The van der Waals surface area contributed by atoms with Crippen LogP contribution in [0.1, 0.15) is 5.56 Å². The number of methoxy groups -OCH3 is 1. The SMILES string of the molecule is COc1c(O)ccc(C)c1Br. The first-order valence-electron chi connectivity index (χ1n) is 3.19. The molecule has 11 heavy (non-hydrogen) atoms. The van der Waals surface area contributed by atoms with E-state index in [4.69, 9.17) is 4.74 Å². The number of aromatic hydroxyl groups is 1. The standard InChI is InChI=1S/C8H9BrO2/c1-5-3-4-6(10)8(11-2)7(5)9/h3-4,10H,1-2H3. The molecule has 1 N–H and O–H groups in total. The van der Waals surface area contributed by atoms with Crippen LogP contribution in [-0.4, -0.2) is 12.2 Å². The molecule has 0 aromatic heterocycles. The molecular weight excluding hydrogens is 208 g/mol. The second-order valence-corrected chi connectivity index (χ2v) is 3.04. The molecule has 0 radical (unpaired) electrons. The summed E-state index contributed by atoms with van der Waals surface area (Å²) in [5, 5.41) is 9.26. The molecule has 60 valence electrons. The van der Waals surface area contributed by atoms with Gasteiger partial charge < -0.3 is 9.84 Å². The lowest BCUT2D eigenvalue weighted by Gasteiger charge is -2.06. The number of rotatable bonds is 1. The third-order valence-electron chi connectivity index (χ3n) is 1.47. The number of aryl methyl sites for hydroxylation is 1. The molecule has 0 fully saturated rings. The zero-order chi connectivity index (χ0) is 8.43. The van der Waals surface area contributed by atoms with Crippen LogP contribution in [0.25, 0.3) is 0 Å². The normalized spacial score (nSPS) is 9.73. The number of hydrogen-bond donors (Lipinski definition) is 1. The molecule has 0 unspecified atom stereocenters. The van der Waals surface area contributed by atoms with E-state index in [-0.39, 0.29) is 5.75 Å². The van der Waals surface area contributed by atoms with Crippen LogP contribution in [0.2, 0.25) is 0 Å². The molecule has 1 aromatic carbocycles. The van der Waals surface area contributed by atoms with Gasteiger partial charge in [0.05, 0.1) is 11.6 Å². The first-order chi connectivity index (χ1) is 5.16. The topological polar surface area (TPSA) is 29.5 Å². The van der Waals surface area contributed by atoms with Crippen molar-refractivity contribution in [1.29, 1.82) is 0 Å². The zero-order valence-corrected chi connectivity index (χ0v) is 7.97. The fraction of sp³-hybridized carbons (Fsp3) is 0.250. The van der Waals surface area contributed by atoms with Gasteiger partial charge in [-0.25, -0.2) is 0 Å². The summed E-state index contributed by atoms with van der Waals surface area (Å²) in [6.45, 7) is 1.94. The van der Waals surface area contributed by atoms with Gasteiger partial charge in [-0.2, -0.15) is 0 Å². The maximum Gasteiger partial charge on any atom is 0.174 e. The van der Waals surface area contributed by atoms with E-state index in [0.29, 0.717) is 5.75 Å². The molecule has 0 amide bonds. The van der Waals surface area contributed by atoms with Gasteiger partial charge in [0, 0.05) is 0 Å². The summed E-state index contributed by atoms with van der Waals surface area (Å²) in [7, 11) is 1.53. The number of phenolic OH excluding ortho intramolecular Hbond substituents is 1. The van der Waals surface area contributed by atoms with E-state index in [0.717, 1.165) is 10.0 Å². The number of hydrogen-bond acceptors (Lipinski definition) is 2. The monoisotopic (exact) mass is 216 g/mol. The van der Waals surface area contributed by atoms with Crippen molar-refractivity contribution in [2.24, 2.45) is 0 Å². The molecule has 0 aliphatic rings. The van der Waals surface area contributed by atoms with E-state index in [1.54, 1.807) is 6.07 Å². The second-order valence-electron chi connectivity index (χ2n) is 2.25. The highest BCUT2D eigenvalue weighted by Gasteiger charge is 2.07. The largest absolute Gasteiger partial charge is 0.504 e. The number of phenols is 1. The molecule has 0 atom stereocenters. The van der Waals surface area contributed by atoms with E-state index >= 15 is 0 Å². The van der Waals surface area contributed by atoms with Crippen LogP contribution >= 0.6 is 15.9 Å². The van der Waals surface area contributed by atoms with Crippen LogP contribution in [0.15, 0.2) is 16.6 Å². The van der Waals surface area contributed by atoms with Gasteiger partial charge in [-0.05, 0) is 34.5 Å². The lowest BCUT2D eigenvalue weighted by atomic mass is 10.2. The Bertz CT molecular complexity index is 271. The second kappa shape index (κ2) is 3.13. The average molecular weight is 217 g/mol.